The molecule has 0 bridgehead atoms. The van der Waals surface area contributed by atoms with Crippen LogP contribution < -0.4 is 4.90 Å². The monoisotopic (exact) mass is 268 g/mol. The second-order valence-corrected chi connectivity index (χ2v) is 5.81. The molecule has 2 heterocycles. The lowest BCUT2D eigenvalue weighted by molar-refractivity contribution is 0.123. The van der Waals surface area contributed by atoms with Crippen molar-refractivity contribution in [1.29, 1.82) is 0 Å². The minimum absolute atomic E-state index is 0.838. The second kappa shape index (κ2) is 4.74. The number of rotatable bonds is 1. The van der Waals surface area contributed by atoms with Crippen molar-refractivity contribution in [3.63, 3.8) is 0 Å². The molecule has 0 N–H and O–H groups in total. The normalized spacial score (nSPS) is 18.6. The fourth-order valence-corrected chi connectivity index (χ4v) is 3.55. The Hall–Kier alpha value is -1.61. The highest BCUT2D eigenvalue weighted by Gasteiger charge is 2.24. The minimum Gasteiger partial charge on any atom is -0.378 e. The van der Waals surface area contributed by atoms with Gasteiger partial charge in [-0.1, -0.05) is 18.2 Å². The molecule has 0 radical (unpaired) electrons. The molecule has 0 saturated carbocycles. The van der Waals surface area contributed by atoms with Crippen molar-refractivity contribution in [2.45, 2.75) is 26.2 Å². The smallest absolute Gasteiger partial charge is 0.0755 e. The van der Waals surface area contributed by atoms with Crippen molar-refractivity contribution >= 4 is 16.6 Å². The Labute approximate surface area is 119 Å². The summed E-state index contributed by atoms with van der Waals surface area (Å²) in [5.41, 5.74) is 6.73. The van der Waals surface area contributed by atoms with E-state index in [1.165, 1.54) is 46.3 Å². The summed E-state index contributed by atoms with van der Waals surface area (Å²) in [6, 6.07) is 6.56. The fraction of sp³-hybridized carbons (Fsp3) is 0.471. The molecule has 4 rings (SSSR count). The molecule has 20 heavy (non-hydrogen) atoms. The van der Waals surface area contributed by atoms with Crippen LogP contribution in [0, 0.1) is 6.92 Å². The zero-order valence-electron chi connectivity index (χ0n) is 12.0. The van der Waals surface area contributed by atoms with Crippen LogP contribution in [0.1, 0.15) is 23.2 Å². The molecule has 2 aliphatic rings. The van der Waals surface area contributed by atoms with Crippen LogP contribution in [0.5, 0.6) is 0 Å². The number of aryl methyl sites for hydroxylation is 2. The van der Waals surface area contributed by atoms with E-state index in [0.717, 1.165) is 32.7 Å². The summed E-state index contributed by atoms with van der Waals surface area (Å²) in [7, 11) is 0. The van der Waals surface area contributed by atoms with Gasteiger partial charge in [0.05, 0.1) is 24.4 Å². The number of para-hydroxylation sites is 1. The molecule has 0 amide bonds. The van der Waals surface area contributed by atoms with E-state index in [1.54, 1.807) is 0 Å². The summed E-state index contributed by atoms with van der Waals surface area (Å²) in [6.07, 6.45) is 3.56. The number of fused-ring (bicyclic) bond motifs is 2. The summed E-state index contributed by atoms with van der Waals surface area (Å²) < 4.78 is 5.52. The van der Waals surface area contributed by atoms with Crippen LogP contribution in [0.2, 0.25) is 0 Å². The van der Waals surface area contributed by atoms with Crippen molar-refractivity contribution in [2.24, 2.45) is 0 Å². The van der Waals surface area contributed by atoms with Crippen LogP contribution in [0.25, 0.3) is 10.9 Å². The third-order valence-corrected chi connectivity index (χ3v) is 4.54. The summed E-state index contributed by atoms with van der Waals surface area (Å²) in [5, 5.41) is 1.33. The molecule has 1 fully saturated rings. The number of ether oxygens (including phenoxy) is 1. The molecule has 0 unspecified atom stereocenters. The maximum atomic E-state index is 5.52. The van der Waals surface area contributed by atoms with Gasteiger partial charge in [0.25, 0.3) is 0 Å². The number of pyridine rings is 1. The van der Waals surface area contributed by atoms with E-state index in [9.17, 15) is 0 Å². The highest BCUT2D eigenvalue weighted by atomic mass is 16.5. The van der Waals surface area contributed by atoms with Crippen molar-refractivity contribution in [3.05, 3.63) is 35.0 Å². The highest BCUT2D eigenvalue weighted by Crippen LogP contribution is 2.37. The predicted molar refractivity (Wildman–Crippen MR) is 81.5 cm³/mol. The first kappa shape index (κ1) is 12.2. The van der Waals surface area contributed by atoms with Gasteiger partial charge in [-0.3, -0.25) is 4.98 Å². The molecule has 1 aromatic heterocycles. The number of nitrogens with zero attached hydrogens (tertiary/aromatic N) is 2. The predicted octanol–water partition coefficient (Wildman–Crippen LogP) is 2.87. The summed E-state index contributed by atoms with van der Waals surface area (Å²) >= 11 is 0. The third kappa shape index (κ3) is 1.80. The molecular formula is C17H20N2O. The SMILES string of the molecule is Cc1cccc2c(N3CCOCC3)c3c(nc12)CCC3. The lowest BCUT2D eigenvalue weighted by Crippen LogP contribution is -2.37. The lowest BCUT2D eigenvalue weighted by atomic mass is 10.0. The van der Waals surface area contributed by atoms with E-state index in [1.807, 2.05) is 0 Å². The first-order valence-electron chi connectivity index (χ1n) is 7.58. The molecule has 1 aliphatic carbocycles. The molecule has 0 spiro atoms. The average molecular weight is 268 g/mol. The quantitative estimate of drug-likeness (QED) is 0.795. The van der Waals surface area contributed by atoms with Gasteiger partial charge in [-0.15, -0.1) is 0 Å². The van der Waals surface area contributed by atoms with Crippen molar-refractivity contribution in [2.75, 3.05) is 31.2 Å². The second-order valence-electron chi connectivity index (χ2n) is 5.81. The molecule has 1 saturated heterocycles. The maximum Gasteiger partial charge on any atom is 0.0755 e. The van der Waals surface area contributed by atoms with E-state index in [-0.39, 0.29) is 0 Å². The number of hydrogen-bond acceptors (Lipinski definition) is 3. The van der Waals surface area contributed by atoms with E-state index in [4.69, 9.17) is 9.72 Å². The number of anilines is 1. The number of aromatic nitrogens is 1. The molecular weight excluding hydrogens is 248 g/mol. The zero-order valence-corrected chi connectivity index (χ0v) is 12.0. The van der Waals surface area contributed by atoms with Gasteiger partial charge >= 0.3 is 0 Å². The van der Waals surface area contributed by atoms with Crippen LogP contribution in [-0.4, -0.2) is 31.3 Å². The van der Waals surface area contributed by atoms with Crippen molar-refractivity contribution < 1.29 is 4.74 Å². The molecule has 104 valence electrons. The van der Waals surface area contributed by atoms with E-state index in [2.05, 4.69) is 30.0 Å². The Kier molecular flexibility index (Phi) is 2.88. The van der Waals surface area contributed by atoms with Gasteiger partial charge in [0.15, 0.2) is 0 Å². The zero-order chi connectivity index (χ0) is 13.5. The lowest BCUT2D eigenvalue weighted by Gasteiger charge is -2.31. The Morgan fingerprint density at radius 1 is 1.15 bits per heavy atom. The van der Waals surface area contributed by atoms with Crippen LogP contribution in [0.4, 0.5) is 5.69 Å². The van der Waals surface area contributed by atoms with E-state index in [0.29, 0.717) is 0 Å². The summed E-state index contributed by atoms with van der Waals surface area (Å²) in [4.78, 5) is 7.46. The van der Waals surface area contributed by atoms with Gasteiger partial charge in [0, 0.05) is 24.2 Å². The van der Waals surface area contributed by atoms with Gasteiger partial charge in [0.1, 0.15) is 0 Å². The number of morpholine rings is 1. The van der Waals surface area contributed by atoms with E-state index < -0.39 is 0 Å². The average Bonchev–Trinajstić information content (AvgIpc) is 2.94. The number of benzene rings is 1. The maximum absolute atomic E-state index is 5.52. The first-order chi connectivity index (χ1) is 9.84. The molecule has 0 atom stereocenters. The van der Waals surface area contributed by atoms with Crippen LogP contribution in [0.15, 0.2) is 18.2 Å². The highest BCUT2D eigenvalue weighted by molar-refractivity contribution is 5.96. The third-order valence-electron chi connectivity index (χ3n) is 4.54. The van der Waals surface area contributed by atoms with Crippen LogP contribution >= 0.6 is 0 Å². The van der Waals surface area contributed by atoms with Gasteiger partial charge in [-0.05, 0) is 37.3 Å². The van der Waals surface area contributed by atoms with Crippen molar-refractivity contribution in [3.8, 4) is 0 Å². The molecule has 1 aromatic carbocycles. The molecule has 3 heteroatoms. The van der Waals surface area contributed by atoms with Crippen LogP contribution in [-0.2, 0) is 17.6 Å². The fourth-order valence-electron chi connectivity index (χ4n) is 3.55. The van der Waals surface area contributed by atoms with E-state index >= 15 is 0 Å². The van der Waals surface area contributed by atoms with Gasteiger partial charge in [-0.2, -0.15) is 0 Å². The Balaban J connectivity index is 1.98. The van der Waals surface area contributed by atoms with Gasteiger partial charge in [0.2, 0.25) is 0 Å². The topological polar surface area (TPSA) is 25.4 Å². The van der Waals surface area contributed by atoms with Gasteiger partial charge < -0.3 is 9.64 Å². The largest absolute Gasteiger partial charge is 0.378 e. The summed E-state index contributed by atoms with van der Waals surface area (Å²) in [5.74, 6) is 0. The Morgan fingerprint density at radius 2 is 2.00 bits per heavy atom. The Morgan fingerprint density at radius 3 is 2.85 bits per heavy atom. The van der Waals surface area contributed by atoms with Gasteiger partial charge in [-0.25, -0.2) is 0 Å². The molecule has 2 aromatic rings. The number of hydrogen-bond donors (Lipinski definition) is 0. The summed E-state index contributed by atoms with van der Waals surface area (Å²) in [6.45, 7) is 5.84. The Bertz CT molecular complexity index is 660. The first-order valence-corrected chi connectivity index (χ1v) is 7.58. The molecule has 1 aliphatic heterocycles. The van der Waals surface area contributed by atoms with Crippen LogP contribution in [0.3, 0.4) is 0 Å². The molecule has 3 nitrogen and oxygen atoms in total. The standard InChI is InChI=1S/C17H20N2O/c1-12-4-2-6-14-16(12)18-15-7-3-5-13(15)17(14)19-8-10-20-11-9-19/h2,4,6H,3,5,7-11H2,1H3. The minimum atomic E-state index is 0.838. The van der Waals surface area contributed by atoms with Crippen molar-refractivity contribution in [1.82, 2.24) is 4.98 Å².